The molecule has 22 heavy (non-hydrogen) atoms. The van der Waals surface area contributed by atoms with Crippen molar-refractivity contribution in [3.8, 4) is 5.75 Å². The number of carbonyl (C=O) groups excluding carboxylic acids is 1. The number of hydrogen-bond acceptors (Lipinski definition) is 5. The van der Waals surface area contributed by atoms with E-state index in [1.165, 1.54) is 0 Å². The van der Waals surface area contributed by atoms with Gasteiger partial charge in [0.1, 0.15) is 22.9 Å². The molecule has 0 unspecified atom stereocenters. The van der Waals surface area contributed by atoms with Crippen LogP contribution in [0.1, 0.15) is 17.0 Å². The SMILES string of the molecule is Cc1cc(C2=NNC(=O)/C2=C/c2cc(Br)c(O)c(Br)c2)no1. The molecule has 1 aromatic heterocycles. The standard InChI is InChI=1S/C14H9Br2N3O3/c1-6-2-11(19-22-6)12-8(14(21)18-17-12)3-7-4-9(15)13(20)10(16)5-7/h2-5,20H,1H3,(H,18,21)/b8-3+. The molecule has 3 rings (SSSR count). The number of nitrogens with zero attached hydrogens (tertiary/aromatic N) is 2. The second-order valence-electron chi connectivity index (χ2n) is 4.62. The number of aromatic nitrogens is 1. The van der Waals surface area contributed by atoms with Crippen LogP contribution in [0, 0.1) is 6.92 Å². The molecule has 1 amide bonds. The summed E-state index contributed by atoms with van der Waals surface area (Å²) >= 11 is 6.51. The molecule has 6 nitrogen and oxygen atoms in total. The van der Waals surface area contributed by atoms with E-state index in [0.29, 0.717) is 31.7 Å². The molecule has 1 aliphatic heterocycles. The highest BCUT2D eigenvalue weighted by Crippen LogP contribution is 2.34. The number of benzene rings is 1. The summed E-state index contributed by atoms with van der Waals surface area (Å²) in [7, 11) is 0. The Labute approximate surface area is 142 Å². The van der Waals surface area contributed by atoms with Crippen LogP contribution < -0.4 is 5.43 Å². The number of aromatic hydroxyl groups is 1. The second kappa shape index (κ2) is 5.69. The first kappa shape index (κ1) is 15.0. The van der Waals surface area contributed by atoms with Crippen LogP contribution in [0.4, 0.5) is 0 Å². The molecule has 0 fully saturated rings. The first-order chi connectivity index (χ1) is 10.5. The highest BCUT2D eigenvalue weighted by Gasteiger charge is 2.26. The molecule has 0 saturated carbocycles. The van der Waals surface area contributed by atoms with E-state index in [2.05, 4.69) is 47.5 Å². The predicted molar refractivity (Wildman–Crippen MR) is 87.4 cm³/mol. The third kappa shape index (κ3) is 2.71. The average molecular weight is 427 g/mol. The van der Waals surface area contributed by atoms with E-state index >= 15 is 0 Å². The number of halogens is 2. The molecule has 2 aromatic rings. The summed E-state index contributed by atoms with van der Waals surface area (Å²) in [5.74, 6) is 0.404. The number of phenols is 1. The van der Waals surface area contributed by atoms with Crippen molar-refractivity contribution in [2.75, 3.05) is 0 Å². The molecule has 0 aliphatic carbocycles. The number of nitrogens with one attached hydrogen (secondary N) is 1. The molecular formula is C14H9Br2N3O3. The van der Waals surface area contributed by atoms with E-state index in [1.54, 1.807) is 31.2 Å². The molecule has 2 heterocycles. The molecule has 112 valence electrons. The summed E-state index contributed by atoms with van der Waals surface area (Å²) in [4.78, 5) is 12.0. The van der Waals surface area contributed by atoms with Gasteiger partial charge in [-0.25, -0.2) is 5.43 Å². The smallest absolute Gasteiger partial charge is 0.273 e. The Morgan fingerprint density at radius 3 is 2.55 bits per heavy atom. The number of rotatable bonds is 2. The van der Waals surface area contributed by atoms with Crippen molar-refractivity contribution < 1.29 is 14.4 Å². The van der Waals surface area contributed by atoms with E-state index in [1.807, 2.05) is 0 Å². The molecule has 0 saturated heterocycles. The zero-order valence-electron chi connectivity index (χ0n) is 11.2. The van der Waals surface area contributed by atoms with Gasteiger partial charge in [0.2, 0.25) is 0 Å². The Balaban J connectivity index is 2.05. The maximum absolute atomic E-state index is 12.0. The van der Waals surface area contributed by atoms with E-state index in [4.69, 9.17) is 4.52 Å². The summed E-state index contributed by atoms with van der Waals surface area (Å²) < 4.78 is 6.05. The van der Waals surface area contributed by atoms with Crippen LogP contribution in [0.5, 0.6) is 5.75 Å². The van der Waals surface area contributed by atoms with Gasteiger partial charge in [-0.05, 0) is 62.6 Å². The van der Waals surface area contributed by atoms with Crippen LogP contribution in [0.3, 0.4) is 0 Å². The summed E-state index contributed by atoms with van der Waals surface area (Å²) in [6.45, 7) is 1.76. The van der Waals surface area contributed by atoms with Crippen LogP contribution in [0.15, 0.2) is 42.3 Å². The van der Waals surface area contributed by atoms with E-state index in [0.717, 1.165) is 5.56 Å². The monoisotopic (exact) mass is 425 g/mol. The lowest BCUT2D eigenvalue weighted by atomic mass is 10.0. The Bertz CT molecular complexity index is 817. The van der Waals surface area contributed by atoms with Gasteiger partial charge < -0.3 is 9.63 Å². The molecule has 0 spiro atoms. The average Bonchev–Trinajstić information content (AvgIpc) is 3.03. The van der Waals surface area contributed by atoms with Gasteiger partial charge in [-0.3, -0.25) is 4.79 Å². The van der Waals surface area contributed by atoms with Gasteiger partial charge in [0.05, 0.1) is 14.5 Å². The quantitative estimate of drug-likeness (QED) is 0.722. The minimum Gasteiger partial charge on any atom is -0.506 e. The van der Waals surface area contributed by atoms with Crippen LogP contribution >= 0.6 is 31.9 Å². The van der Waals surface area contributed by atoms with Gasteiger partial charge in [0, 0.05) is 6.07 Å². The van der Waals surface area contributed by atoms with Crippen LogP contribution in [0.2, 0.25) is 0 Å². The van der Waals surface area contributed by atoms with E-state index < -0.39 is 0 Å². The van der Waals surface area contributed by atoms with Gasteiger partial charge in [-0.15, -0.1) is 0 Å². The summed E-state index contributed by atoms with van der Waals surface area (Å²) in [5, 5.41) is 17.6. The highest BCUT2D eigenvalue weighted by molar-refractivity contribution is 9.11. The van der Waals surface area contributed by atoms with Crippen molar-refractivity contribution in [2.45, 2.75) is 6.92 Å². The Morgan fingerprint density at radius 2 is 1.95 bits per heavy atom. The van der Waals surface area contributed by atoms with Crippen molar-refractivity contribution in [1.29, 1.82) is 0 Å². The largest absolute Gasteiger partial charge is 0.506 e. The topological polar surface area (TPSA) is 87.7 Å². The van der Waals surface area contributed by atoms with Crippen LogP contribution in [-0.2, 0) is 4.79 Å². The number of aryl methyl sites for hydroxylation is 1. The van der Waals surface area contributed by atoms with Crippen molar-refractivity contribution in [1.82, 2.24) is 10.6 Å². The summed E-state index contributed by atoms with van der Waals surface area (Å²) in [5.41, 5.74) is 4.41. The zero-order chi connectivity index (χ0) is 15.9. The third-order valence-corrected chi connectivity index (χ3v) is 4.20. The molecule has 1 aromatic carbocycles. The lowest BCUT2D eigenvalue weighted by molar-refractivity contribution is -0.116. The first-order valence-corrected chi connectivity index (χ1v) is 7.76. The van der Waals surface area contributed by atoms with Crippen LogP contribution in [0.25, 0.3) is 6.08 Å². The molecule has 0 bridgehead atoms. The lowest BCUT2D eigenvalue weighted by Crippen LogP contribution is -2.13. The molecule has 0 atom stereocenters. The maximum Gasteiger partial charge on any atom is 0.273 e. The second-order valence-corrected chi connectivity index (χ2v) is 6.32. The van der Waals surface area contributed by atoms with E-state index in [9.17, 15) is 9.90 Å². The minimum absolute atomic E-state index is 0.0963. The number of hydrazone groups is 1. The number of carbonyl (C=O) groups is 1. The van der Waals surface area contributed by atoms with Gasteiger partial charge in [0.25, 0.3) is 5.91 Å². The van der Waals surface area contributed by atoms with Crippen molar-refractivity contribution in [2.24, 2.45) is 5.10 Å². The third-order valence-electron chi connectivity index (χ3n) is 2.99. The summed E-state index contributed by atoms with van der Waals surface area (Å²) in [6.07, 6.45) is 1.67. The Kier molecular flexibility index (Phi) is 3.88. The fourth-order valence-corrected chi connectivity index (χ4v) is 3.20. The van der Waals surface area contributed by atoms with Gasteiger partial charge in [-0.2, -0.15) is 5.10 Å². The molecular weight excluding hydrogens is 418 g/mol. The molecule has 0 radical (unpaired) electrons. The van der Waals surface area contributed by atoms with Crippen molar-refractivity contribution >= 4 is 49.6 Å². The van der Waals surface area contributed by atoms with Crippen molar-refractivity contribution in [3.05, 3.63) is 49.7 Å². The maximum atomic E-state index is 12.0. The minimum atomic E-state index is -0.323. The van der Waals surface area contributed by atoms with Gasteiger partial charge in [0.15, 0.2) is 0 Å². The van der Waals surface area contributed by atoms with E-state index in [-0.39, 0.29) is 11.7 Å². The van der Waals surface area contributed by atoms with Gasteiger partial charge >= 0.3 is 0 Å². The Morgan fingerprint density at radius 1 is 1.27 bits per heavy atom. The number of amides is 1. The first-order valence-electron chi connectivity index (χ1n) is 6.17. The molecule has 8 heteroatoms. The van der Waals surface area contributed by atoms with Crippen molar-refractivity contribution in [3.63, 3.8) is 0 Å². The zero-order valence-corrected chi connectivity index (χ0v) is 14.4. The molecule has 2 N–H and O–H groups in total. The number of phenolic OH excluding ortho intramolecular Hbond substituents is 1. The fourth-order valence-electron chi connectivity index (χ4n) is 1.98. The normalized spacial score (nSPS) is 16.0. The molecule has 1 aliphatic rings. The Hall–Kier alpha value is -1.93. The fraction of sp³-hybridized carbons (Fsp3) is 0.0714. The lowest BCUT2D eigenvalue weighted by Gasteiger charge is -2.03. The highest BCUT2D eigenvalue weighted by atomic mass is 79.9. The van der Waals surface area contributed by atoms with Gasteiger partial charge in [-0.1, -0.05) is 5.16 Å². The predicted octanol–water partition coefficient (Wildman–Crippen LogP) is 3.13. The number of hydrogen-bond donors (Lipinski definition) is 2. The summed E-state index contributed by atoms with van der Waals surface area (Å²) in [6, 6.07) is 5.10. The van der Waals surface area contributed by atoms with Crippen LogP contribution in [-0.4, -0.2) is 21.9 Å².